The first kappa shape index (κ1) is 12.9. The van der Waals surface area contributed by atoms with Crippen LogP contribution in [-0.4, -0.2) is 28.2 Å². The molecule has 0 spiro atoms. The first-order valence-electron chi connectivity index (χ1n) is 7.14. The molecule has 2 aromatic rings. The number of benzene rings is 1. The van der Waals surface area contributed by atoms with E-state index in [1.54, 1.807) is 0 Å². The van der Waals surface area contributed by atoms with Crippen molar-refractivity contribution in [3.8, 4) is 0 Å². The van der Waals surface area contributed by atoms with Crippen LogP contribution in [0.4, 0.5) is 0 Å². The van der Waals surface area contributed by atoms with Crippen molar-refractivity contribution in [1.82, 2.24) is 15.1 Å². The molecule has 1 fully saturated rings. The van der Waals surface area contributed by atoms with Crippen LogP contribution in [0.25, 0.3) is 10.8 Å². The van der Waals surface area contributed by atoms with Gasteiger partial charge in [-0.1, -0.05) is 24.3 Å². The summed E-state index contributed by atoms with van der Waals surface area (Å²) in [6.45, 7) is 4.14. The van der Waals surface area contributed by atoms with Crippen LogP contribution in [0.5, 0.6) is 0 Å². The number of likely N-dealkylation sites (tertiary alicyclic amines) is 1. The molecule has 1 saturated heterocycles. The van der Waals surface area contributed by atoms with Crippen molar-refractivity contribution in [2.45, 2.75) is 25.7 Å². The molecular formula is C16H19N3O. The second-order valence-corrected chi connectivity index (χ2v) is 5.28. The number of nitrogens with zero attached hydrogens (tertiary/aromatic N) is 2. The molecule has 20 heavy (non-hydrogen) atoms. The molecule has 104 valence electrons. The monoisotopic (exact) mass is 269 g/mol. The number of rotatable bonds is 2. The van der Waals surface area contributed by atoms with E-state index in [0.717, 1.165) is 42.4 Å². The minimum atomic E-state index is -0.101. The molecule has 0 aliphatic carbocycles. The van der Waals surface area contributed by atoms with Crippen molar-refractivity contribution in [1.29, 1.82) is 0 Å². The highest BCUT2D eigenvalue weighted by molar-refractivity contribution is 5.83. The molecule has 1 aliphatic heterocycles. The summed E-state index contributed by atoms with van der Waals surface area (Å²) < 4.78 is 0. The number of fused-ring (bicyclic) bond motifs is 1. The van der Waals surface area contributed by atoms with Crippen LogP contribution < -0.4 is 5.56 Å². The van der Waals surface area contributed by atoms with Gasteiger partial charge in [-0.05, 0) is 32.0 Å². The third kappa shape index (κ3) is 2.33. The predicted octanol–water partition coefficient (Wildman–Crippen LogP) is 2.64. The highest BCUT2D eigenvalue weighted by atomic mass is 16.1. The Labute approximate surface area is 118 Å². The summed E-state index contributed by atoms with van der Waals surface area (Å²) in [6.07, 6.45) is 6.38. The average molecular weight is 269 g/mol. The lowest BCUT2D eigenvalue weighted by molar-refractivity contribution is 0.282. The third-order valence-electron chi connectivity index (χ3n) is 4.00. The molecule has 3 rings (SSSR count). The van der Waals surface area contributed by atoms with Crippen molar-refractivity contribution in [3.05, 3.63) is 52.6 Å². The smallest absolute Gasteiger partial charge is 0.272 e. The Kier molecular flexibility index (Phi) is 3.54. The quantitative estimate of drug-likeness (QED) is 0.911. The van der Waals surface area contributed by atoms with Crippen molar-refractivity contribution >= 4 is 10.8 Å². The SMILES string of the molecule is C/C=C/N1CCC(c2n[nH]c(=O)c3ccccc23)CC1. The summed E-state index contributed by atoms with van der Waals surface area (Å²) in [7, 11) is 0. The van der Waals surface area contributed by atoms with Crippen molar-refractivity contribution in [2.75, 3.05) is 13.1 Å². The molecule has 1 aromatic carbocycles. The molecule has 2 heterocycles. The molecule has 0 atom stereocenters. The maximum absolute atomic E-state index is 11.8. The number of piperidine rings is 1. The molecular weight excluding hydrogens is 250 g/mol. The Balaban J connectivity index is 1.92. The van der Waals surface area contributed by atoms with Crippen molar-refractivity contribution < 1.29 is 0 Å². The topological polar surface area (TPSA) is 49.0 Å². The van der Waals surface area contributed by atoms with Crippen LogP contribution >= 0.6 is 0 Å². The number of nitrogens with one attached hydrogen (secondary N) is 1. The predicted molar refractivity (Wildman–Crippen MR) is 80.7 cm³/mol. The Morgan fingerprint density at radius 1 is 1.25 bits per heavy atom. The maximum atomic E-state index is 11.8. The van der Waals surface area contributed by atoms with E-state index in [4.69, 9.17) is 0 Å². The fraction of sp³-hybridized carbons (Fsp3) is 0.375. The summed E-state index contributed by atoms with van der Waals surface area (Å²) in [6, 6.07) is 7.75. The Bertz CT molecular complexity index is 681. The van der Waals surface area contributed by atoms with E-state index in [1.165, 1.54) is 0 Å². The van der Waals surface area contributed by atoms with Gasteiger partial charge >= 0.3 is 0 Å². The van der Waals surface area contributed by atoms with Crippen molar-refractivity contribution in [2.24, 2.45) is 0 Å². The largest absolute Gasteiger partial charge is 0.378 e. The summed E-state index contributed by atoms with van der Waals surface area (Å²) in [5.41, 5.74) is 0.941. The van der Waals surface area contributed by atoms with E-state index in [0.29, 0.717) is 5.92 Å². The van der Waals surface area contributed by atoms with Gasteiger partial charge in [0.1, 0.15) is 0 Å². The lowest BCUT2D eigenvalue weighted by Gasteiger charge is -2.31. The fourth-order valence-corrected chi connectivity index (χ4v) is 2.98. The van der Waals surface area contributed by atoms with Gasteiger partial charge in [-0.2, -0.15) is 5.10 Å². The van der Waals surface area contributed by atoms with Crippen LogP contribution in [0.2, 0.25) is 0 Å². The molecule has 0 saturated carbocycles. The number of H-pyrrole nitrogens is 1. The minimum Gasteiger partial charge on any atom is -0.378 e. The number of aromatic amines is 1. The summed E-state index contributed by atoms with van der Waals surface area (Å²) >= 11 is 0. The second-order valence-electron chi connectivity index (χ2n) is 5.28. The molecule has 1 aromatic heterocycles. The van der Waals surface area contributed by atoms with Gasteiger partial charge in [0.2, 0.25) is 0 Å². The standard InChI is InChI=1S/C16H19N3O/c1-2-9-19-10-7-12(8-11-19)15-13-5-3-4-6-14(13)16(20)18-17-15/h2-6,9,12H,7-8,10-11H2,1H3,(H,18,20)/b9-2+. The van der Waals surface area contributed by atoms with Crippen LogP contribution in [0, 0.1) is 0 Å². The zero-order chi connectivity index (χ0) is 13.9. The van der Waals surface area contributed by atoms with Gasteiger partial charge in [0.25, 0.3) is 5.56 Å². The number of aromatic nitrogens is 2. The lowest BCUT2D eigenvalue weighted by Crippen LogP contribution is -2.29. The van der Waals surface area contributed by atoms with E-state index in [9.17, 15) is 4.79 Å². The Morgan fingerprint density at radius 2 is 1.95 bits per heavy atom. The van der Waals surface area contributed by atoms with Gasteiger partial charge in [0, 0.05) is 24.4 Å². The van der Waals surface area contributed by atoms with Gasteiger partial charge < -0.3 is 4.90 Å². The third-order valence-corrected chi connectivity index (χ3v) is 4.00. The van der Waals surface area contributed by atoms with E-state index in [-0.39, 0.29) is 5.56 Å². The van der Waals surface area contributed by atoms with Crippen LogP contribution in [0.1, 0.15) is 31.4 Å². The average Bonchev–Trinajstić information content (AvgIpc) is 2.49. The molecule has 0 bridgehead atoms. The van der Waals surface area contributed by atoms with Gasteiger partial charge in [-0.3, -0.25) is 4.79 Å². The van der Waals surface area contributed by atoms with Crippen molar-refractivity contribution in [3.63, 3.8) is 0 Å². The van der Waals surface area contributed by atoms with Gasteiger partial charge in [-0.15, -0.1) is 0 Å². The fourth-order valence-electron chi connectivity index (χ4n) is 2.98. The highest BCUT2D eigenvalue weighted by Crippen LogP contribution is 2.30. The summed E-state index contributed by atoms with van der Waals surface area (Å²) in [4.78, 5) is 14.2. The molecule has 0 amide bonds. The Morgan fingerprint density at radius 3 is 2.65 bits per heavy atom. The summed E-state index contributed by atoms with van der Waals surface area (Å²) in [5.74, 6) is 0.429. The van der Waals surface area contributed by atoms with E-state index >= 15 is 0 Å². The highest BCUT2D eigenvalue weighted by Gasteiger charge is 2.22. The molecule has 0 radical (unpaired) electrons. The lowest BCUT2D eigenvalue weighted by atomic mass is 9.91. The van der Waals surface area contributed by atoms with E-state index in [1.807, 2.05) is 31.2 Å². The number of hydrogen-bond acceptors (Lipinski definition) is 3. The Hall–Kier alpha value is -2.10. The maximum Gasteiger partial charge on any atom is 0.272 e. The zero-order valence-corrected chi connectivity index (χ0v) is 11.7. The van der Waals surface area contributed by atoms with Gasteiger partial charge in [0.15, 0.2) is 0 Å². The normalized spacial score (nSPS) is 17.1. The van der Waals surface area contributed by atoms with Gasteiger partial charge in [0.05, 0.1) is 11.1 Å². The van der Waals surface area contributed by atoms with Crippen LogP contribution in [0.15, 0.2) is 41.3 Å². The molecule has 1 aliphatic rings. The van der Waals surface area contributed by atoms with E-state index in [2.05, 4.69) is 27.4 Å². The molecule has 1 N–H and O–H groups in total. The van der Waals surface area contributed by atoms with Gasteiger partial charge in [-0.25, -0.2) is 5.10 Å². The number of hydrogen-bond donors (Lipinski definition) is 1. The van der Waals surface area contributed by atoms with Crippen LogP contribution in [0.3, 0.4) is 0 Å². The van der Waals surface area contributed by atoms with Crippen LogP contribution in [-0.2, 0) is 0 Å². The van der Waals surface area contributed by atoms with E-state index < -0.39 is 0 Å². The zero-order valence-electron chi connectivity index (χ0n) is 11.7. The minimum absolute atomic E-state index is 0.101. The number of allylic oxidation sites excluding steroid dienone is 1. The first-order chi connectivity index (χ1) is 9.79. The first-order valence-corrected chi connectivity index (χ1v) is 7.14. The molecule has 4 nitrogen and oxygen atoms in total. The summed E-state index contributed by atoms with van der Waals surface area (Å²) in [5, 5.41) is 8.72. The molecule has 0 unspecified atom stereocenters. The molecule has 4 heteroatoms. The second kappa shape index (κ2) is 5.49.